The number of ether oxygens (including phenoxy) is 1. The van der Waals surface area contributed by atoms with Crippen molar-refractivity contribution < 1.29 is 32.5 Å². The summed E-state index contributed by atoms with van der Waals surface area (Å²) in [5.74, 6) is -1.57. The molecule has 1 atom stereocenters. The number of phosphoric acid groups is 1. The van der Waals surface area contributed by atoms with Crippen LogP contribution in [0.3, 0.4) is 0 Å². The molecule has 0 heterocycles. The number of esters is 1. The maximum Gasteiger partial charge on any atom is 0.532 e. The van der Waals surface area contributed by atoms with E-state index in [-0.39, 0.29) is 19.6 Å². The number of rotatable bonds is 8. The van der Waals surface area contributed by atoms with E-state index in [2.05, 4.69) is 4.52 Å². The van der Waals surface area contributed by atoms with E-state index in [1.807, 2.05) is 0 Å². The minimum absolute atomic E-state index is 0.0644. The Balaban J connectivity index is 4.66. The van der Waals surface area contributed by atoms with E-state index >= 15 is 0 Å². The summed E-state index contributed by atoms with van der Waals surface area (Å²) in [6.07, 6.45) is -0.909. The Morgan fingerprint density at radius 2 is 1.61 bits per heavy atom. The van der Waals surface area contributed by atoms with Crippen LogP contribution >= 0.6 is 7.82 Å². The summed E-state index contributed by atoms with van der Waals surface area (Å²) in [5, 5.41) is 0. The van der Waals surface area contributed by atoms with Gasteiger partial charge in [-0.1, -0.05) is 6.92 Å². The van der Waals surface area contributed by atoms with Crippen LogP contribution in [0.4, 0.5) is 0 Å². The van der Waals surface area contributed by atoms with E-state index in [0.717, 1.165) is 0 Å². The van der Waals surface area contributed by atoms with Crippen LogP contribution in [0.25, 0.3) is 0 Å². The zero-order valence-electron chi connectivity index (χ0n) is 11.0. The lowest BCUT2D eigenvalue weighted by Gasteiger charge is -2.19. The first kappa shape index (κ1) is 17.1. The van der Waals surface area contributed by atoms with Gasteiger partial charge in [0.05, 0.1) is 13.2 Å². The van der Waals surface area contributed by atoms with Crippen LogP contribution in [0.1, 0.15) is 34.1 Å². The molecule has 0 radical (unpaired) electrons. The molecule has 18 heavy (non-hydrogen) atoms. The molecule has 0 spiro atoms. The smallest absolute Gasteiger partial charge is 0.451 e. The Bertz CT molecular complexity index is 318. The molecule has 0 rings (SSSR count). The van der Waals surface area contributed by atoms with Crippen LogP contribution in [0.2, 0.25) is 0 Å². The predicted octanol–water partition coefficient (Wildman–Crippen LogP) is 2.05. The molecule has 0 fully saturated rings. The van der Waals surface area contributed by atoms with Gasteiger partial charge in [-0.2, -0.15) is 0 Å². The average Bonchev–Trinajstić information content (AvgIpc) is 2.25. The van der Waals surface area contributed by atoms with Gasteiger partial charge in [0.25, 0.3) is 0 Å². The first-order chi connectivity index (χ1) is 8.38. The van der Waals surface area contributed by atoms with Gasteiger partial charge in [0.15, 0.2) is 6.10 Å². The SMILES string of the molecule is CCOP(=O)(OCC)OC(=O)C(CC)OC(C)=O. The fourth-order valence-corrected chi connectivity index (χ4v) is 2.22. The van der Waals surface area contributed by atoms with Gasteiger partial charge in [-0.3, -0.25) is 13.8 Å². The molecule has 0 aromatic heterocycles. The molecule has 0 N–H and O–H groups in total. The highest BCUT2D eigenvalue weighted by molar-refractivity contribution is 7.49. The Morgan fingerprint density at radius 3 is 1.94 bits per heavy atom. The van der Waals surface area contributed by atoms with E-state index in [1.165, 1.54) is 6.92 Å². The van der Waals surface area contributed by atoms with Crippen molar-refractivity contribution in [1.82, 2.24) is 0 Å². The second kappa shape index (κ2) is 8.24. The van der Waals surface area contributed by atoms with Crippen molar-refractivity contribution >= 4 is 19.8 Å². The van der Waals surface area contributed by atoms with E-state index in [4.69, 9.17) is 13.8 Å². The lowest BCUT2D eigenvalue weighted by Crippen LogP contribution is -2.27. The maximum absolute atomic E-state index is 11.9. The van der Waals surface area contributed by atoms with Gasteiger partial charge < -0.3 is 9.26 Å². The number of carbonyl (C=O) groups is 2. The first-order valence-corrected chi connectivity index (χ1v) is 7.14. The Kier molecular flexibility index (Phi) is 7.82. The summed E-state index contributed by atoms with van der Waals surface area (Å²) in [7, 11) is -3.93. The van der Waals surface area contributed by atoms with Gasteiger partial charge >= 0.3 is 19.8 Å². The molecule has 0 bridgehead atoms. The molecule has 7 nitrogen and oxygen atoms in total. The minimum atomic E-state index is -3.93. The predicted molar refractivity (Wildman–Crippen MR) is 62.8 cm³/mol. The van der Waals surface area contributed by atoms with Crippen molar-refractivity contribution in [2.45, 2.75) is 40.2 Å². The van der Waals surface area contributed by atoms with Gasteiger partial charge in [0.2, 0.25) is 0 Å². The molecule has 1 unspecified atom stereocenters. The van der Waals surface area contributed by atoms with Gasteiger partial charge in [-0.25, -0.2) is 9.36 Å². The van der Waals surface area contributed by atoms with Crippen molar-refractivity contribution in [2.75, 3.05) is 13.2 Å². The van der Waals surface area contributed by atoms with Crippen LogP contribution in [-0.2, 0) is 32.5 Å². The van der Waals surface area contributed by atoms with Crippen molar-refractivity contribution in [3.63, 3.8) is 0 Å². The summed E-state index contributed by atoms with van der Waals surface area (Å²) in [6.45, 7) is 6.09. The number of carbonyl (C=O) groups excluding carboxylic acids is 2. The number of hydrogen-bond acceptors (Lipinski definition) is 7. The quantitative estimate of drug-likeness (QED) is 0.497. The third-order valence-electron chi connectivity index (χ3n) is 1.72. The van der Waals surface area contributed by atoms with Gasteiger partial charge in [0.1, 0.15) is 0 Å². The van der Waals surface area contributed by atoms with Crippen molar-refractivity contribution in [3.8, 4) is 0 Å². The van der Waals surface area contributed by atoms with Crippen LogP contribution in [0, 0.1) is 0 Å². The molecule has 0 aromatic carbocycles. The Morgan fingerprint density at radius 1 is 1.11 bits per heavy atom. The summed E-state index contributed by atoms with van der Waals surface area (Å²) in [6, 6.07) is 0. The molecule has 0 aromatic rings. The molecular formula is C10H19O7P. The zero-order valence-corrected chi connectivity index (χ0v) is 11.9. The minimum Gasteiger partial charge on any atom is -0.451 e. The summed E-state index contributed by atoms with van der Waals surface area (Å²) in [5.41, 5.74) is 0. The molecule has 106 valence electrons. The van der Waals surface area contributed by atoms with E-state index in [9.17, 15) is 14.2 Å². The Hall–Kier alpha value is -0.910. The fraction of sp³-hybridized carbons (Fsp3) is 0.800. The Labute approximate surface area is 106 Å². The molecule has 0 aliphatic heterocycles. The van der Waals surface area contributed by atoms with Gasteiger partial charge in [0, 0.05) is 6.92 Å². The highest BCUT2D eigenvalue weighted by Crippen LogP contribution is 2.49. The summed E-state index contributed by atoms with van der Waals surface area (Å²) >= 11 is 0. The van der Waals surface area contributed by atoms with Crippen LogP contribution in [0.15, 0.2) is 0 Å². The first-order valence-electron chi connectivity index (χ1n) is 5.68. The molecule has 0 amide bonds. The van der Waals surface area contributed by atoms with E-state index in [0.29, 0.717) is 0 Å². The normalized spacial score (nSPS) is 12.9. The molecule has 0 saturated carbocycles. The van der Waals surface area contributed by atoms with Crippen LogP contribution < -0.4 is 0 Å². The lowest BCUT2D eigenvalue weighted by atomic mass is 10.3. The highest BCUT2D eigenvalue weighted by atomic mass is 31.2. The average molecular weight is 282 g/mol. The highest BCUT2D eigenvalue weighted by Gasteiger charge is 2.34. The third kappa shape index (κ3) is 6.14. The second-order valence-electron chi connectivity index (χ2n) is 3.20. The number of hydrogen-bond donors (Lipinski definition) is 0. The maximum atomic E-state index is 11.9. The summed E-state index contributed by atoms with van der Waals surface area (Å²) in [4.78, 5) is 22.4. The topological polar surface area (TPSA) is 88.1 Å². The molecule has 0 aliphatic rings. The van der Waals surface area contributed by atoms with E-state index in [1.54, 1.807) is 20.8 Å². The standard InChI is InChI=1S/C10H19O7P/c1-5-9(16-8(4)11)10(12)17-18(13,14-6-2)15-7-3/h9H,5-7H2,1-4H3. The van der Waals surface area contributed by atoms with Crippen molar-refractivity contribution in [2.24, 2.45) is 0 Å². The van der Waals surface area contributed by atoms with Crippen molar-refractivity contribution in [3.05, 3.63) is 0 Å². The second-order valence-corrected chi connectivity index (χ2v) is 4.79. The molecular weight excluding hydrogens is 263 g/mol. The van der Waals surface area contributed by atoms with Gasteiger partial charge in [-0.05, 0) is 20.3 Å². The van der Waals surface area contributed by atoms with Crippen LogP contribution in [0.5, 0.6) is 0 Å². The lowest BCUT2D eigenvalue weighted by molar-refractivity contribution is -0.162. The largest absolute Gasteiger partial charge is 0.532 e. The molecule has 8 heteroatoms. The van der Waals surface area contributed by atoms with Crippen LogP contribution in [-0.4, -0.2) is 31.3 Å². The van der Waals surface area contributed by atoms with Gasteiger partial charge in [-0.15, -0.1) is 0 Å². The number of phosphoric ester groups is 1. The fourth-order valence-electron chi connectivity index (χ4n) is 1.07. The van der Waals surface area contributed by atoms with Crippen molar-refractivity contribution in [1.29, 1.82) is 0 Å². The van der Waals surface area contributed by atoms with E-state index < -0.39 is 25.9 Å². The summed E-state index contributed by atoms with van der Waals surface area (Å²) < 4.78 is 30.9. The third-order valence-corrected chi connectivity index (χ3v) is 3.27. The monoisotopic (exact) mass is 282 g/mol. The zero-order chi connectivity index (χ0) is 14.2. The molecule has 0 aliphatic carbocycles. The molecule has 0 saturated heterocycles.